The Balaban J connectivity index is 1.76. The van der Waals surface area contributed by atoms with Gasteiger partial charge in [-0.1, -0.05) is 11.6 Å². The van der Waals surface area contributed by atoms with E-state index in [1.165, 1.54) is 12.8 Å². The Labute approximate surface area is 113 Å². The summed E-state index contributed by atoms with van der Waals surface area (Å²) in [7, 11) is -3.26. The highest BCUT2D eigenvalue weighted by Gasteiger charge is 2.20. The third-order valence-corrected chi connectivity index (χ3v) is 4.34. The van der Waals surface area contributed by atoms with Crippen LogP contribution < -0.4 is 10.0 Å². The van der Waals surface area contributed by atoms with Crippen LogP contribution in [-0.4, -0.2) is 26.8 Å². The minimum atomic E-state index is -3.26. The molecule has 0 amide bonds. The van der Waals surface area contributed by atoms with Crippen LogP contribution in [0.25, 0.3) is 0 Å². The van der Waals surface area contributed by atoms with Crippen LogP contribution in [0.3, 0.4) is 0 Å². The van der Waals surface area contributed by atoms with Gasteiger partial charge in [0.15, 0.2) is 0 Å². The largest absolute Gasteiger partial charge is 0.314 e. The first kappa shape index (κ1) is 13.6. The number of hydrogen-bond donors (Lipinski definition) is 2. The summed E-state index contributed by atoms with van der Waals surface area (Å²) in [4.78, 5) is 0. The molecule has 18 heavy (non-hydrogen) atoms. The molecule has 100 valence electrons. The first-order chi connectivity index (χ1) is 8.55. The Morgan fingerprint density at radius 1 is 1.22 bits per heavy atom. The van der Waals surface area contributed by atoms with Crippen molar-refractivity contribution in [2.75, 3.05) is 17.0 Å². The molecule has 0 radical (unpaired) electrons. The highest BCUT2D eigenvalue weighted by molar-refractivity contribution is 7.92. The van der Waals surface area contributed by atoms with E-state index in [0.717, 1.165) is 6.54 Å². The zero-order valence-corrected chi connectivity index (χ0v) is 11.6. The lowest BCUT2D eigenvalue weighted by atomic mass is 10.3. The van der Waals surface area contributed by atoms with Crippen molar-refractivity contribution in [3.05, 3.63) is 29.3 Å². The second-order valence-electron chi connectivity index (χ2n) is 4.51. The van der Waals surface area contributed by atoms with Gasteiger partial charge in [0.2, 0.25) is 10.0 Å². The molecule has 0 aliphatic heterocycles. The van der Waals surface area contributed by atoms with Crippen LogP contribution in [0.2, 0.25) is 5.02 Å². The van der Waals surface area contributed by atoms with Crippen LogP contribution in [-0.2, 0) is 10.0 Å². The fourth-order valence-electron chi connectivity index (χ4n) is 1.60. The van der Waals surface area contributed by atoms with E-state index in [1.54, 1.807) is 24.3 Å². The van der Waals surface area contributed by atoms with Gasteiger partial charge in [0.1, 0.15) is 0 Å². The summed E-state index contributed by atoms with van der Waals surface area (Å²) >= 11 is 5.74. The Morgan fingerprint density at radius 3 is 2.50 bits per heavy atom. The van der Waals surface area contributed by atoms with E-state index >= 15 is 0 Å². The van der Waals surface area contributed by atoms with Gasteiger partial charge in [-0.3, -0.25) is 4.72 Å². The Morgan fingerprint density at radius 2 is 1.89 bits per heavy atom. The predicted molar refractivity (Wildman–Crippen MR) is 74.5 cm³/mol. The zero-order valence-electron chi connectivity index (χ0n) is 10.0. The zero-order chi connectivity index (χ0) is 13.0. The topological polar surface area (TPSA) is 58.2 Å². The van der Waals surface area contributed by atoms with Crippen molar-refractivity contribution in [2.45, 2.75) is 25.3 Å². The summed E-state index contributed by atoms with van der Waals surface area (Å²) in [5.74, 6) is 0.134. The fourth-order valence-corrected chi connectivity index (χ4v) is 2.85. The lowest BCUT2D eigenvalue weighted by Crippen LogP contribution is -2.23. The highest BCUT2D eigenvalue weighted by Crippen LogP contribution is 2.18. The molecule has 0 bridgehead atoms. The number of rotatable bonds is 7. The Kier molecular flexibility index (Phi) is 4.48. The number of benzene rings is 1. The first-order valence-corrected chi connectivity index (χ1v) is 8.08. The van der Waals surface area contributed by atoms with Gasteiger partial charge in [-0.05, 0) is 50.1 Å². The molecule has 2 N–H and O–H groups in total. The van der Waals surface area contributed by atoms with Crippen molar-refractivity contribution < 1.29 is 8.42 Å². The maximum atomic E-state index is 11.8. The van der Waals surface area contributed by atoms with Gasteiger partial charge >= 0.3 is 0 Å². The van der Waals surface area contributed by atoms with Gasteiger partial charge < -0.3 is 5.32 Å². The molecule has 1 aromatic carbocycles. The average molecular weight is 289 g/mol. The third-order valence-electron chi connectivity index (χ3n) is 2.72. The van der Waals surface area contributed by atoms with Crippen LogP contribution in [0.4, 0.5) is 5.69 Å². The van der Waals surface area contributed by atoms with E-state index in [-0.39, 0.29) is 5.75 Å². The summed E-state index contributed by atoms with van der Waals surface area (Å²) < 4.78 is 26.1. The highest BCUT2D eigenvalue weighted by atomic mass is 35.5. The molecule has 1 aliphatic rings. The van der Waals surface area contributed by atoms with Crippen molar-refractivity contribution >= 4 is 27.3 Å². The molecule has 0 saturated heterocycles. The van der Waals surface area contributed by atoms with Crippen LogP contribution in [0.15, 0.2) is 24.3 Å². The smallest absolute Gasteiger partial charge is 0.232 e. The lowest BCUT2D eigenvalue weighted by molar-refractivity contribution is 0.593. The fraction of sp³-hybridized carbons (Fsp3) is 0.500. The van der Waals surface area contributed by atoms with E-state index in [2.05, 4.69) is 10.0 Å². The summed E-state index contributed by atoms with van der Waals surface area (Å²) in [5, 5.41) is 3.88. The van der Waals surface area contributed by atoms with E-state index in [0.29, 0.717) is 23.2 Å². The molecule has 0 heterocycles. The quantitative estimate of drug-likeness (QED) is 0.757. The van der Waals surface area contributed by atoms with Gasteiger partial charge in [-0.2, -0.15) is 0 Å². The molecule has 0 spiro atoms. The second-order valence-corrected chi connectivity index (χ2v) is 6.79. The summed E-state index contributed by atoms with van der Waals surface area (Å²) in [6, 6.07) is 7.25. The van der Waals surface area contributed by atoms with Gasteiger partial charge in [-0.25, -0.2) is 8.42 Å². The Hall–Kier alpha value is -0.780. The Bertz CT molecular complexity index is 483. The summed E-state index contributed by atoms with van der Waals surface area (Å²) in [5.41, 5.74) is 0.551. The first-order valence-electron chi connectivity index (χ1n) is 6.05. The van der Waals surface area contributed by atoms with Crippen LogP contribution in [0.1, 0.15) is 19.3 Å². The molecule has 0 unspecified atom stereocenters. The van der Waals surface area contributed by atoms with Gasteiger partial charge in [0.05, 0.1) is 5.75 Å². The lowest BCUT2D eigenvalue weighted by Gasteiger charge is -2.08. The normalized spacial score (nSPS) is 15.6. The molecular formula is C12H17ClN2O2S. The van der Waals surface area contributed by atoms with Gasteiger partial charge in [-0.15, -0.1) is 0 Å². The molecule has 0 aromatic heterocycles. The molecule has 6 heteroatoms. The van der Waals surface area contributed by atoms with Crippen LogP contribution in [0, 0.1) is 0 Å². The van der Waals surface area contributed by atoms with Crippen LogP contribution in [0.5, 0.6) is 0 Å². The van der Waals surface area contributed by atoms with E-state index in [4.69, 9.17) is 11.6 Å². The second kappa shape index (κ2) is 5.91. The third kappa shape index (κ3) is 4.84. The standard InChI is InChI=1S/C12H17ClN2O2S/c13-10-2-4-12(5-3-10)15-18(16,17)9-1-8-14-11-6-7-11/h2-5,11,14-15H,1,6-9H2. The molecular weight excluding hydrogens is 272 g/mol. The van der Waals surface area contributed by atoms with Crippen molar-refractivity contribution in [1.82, 2.24) is 5.32 Å². The molecule has 2 rings (SSSR count). The molecule has 1 fully saturated rings. The summed E-state index contributed by atoms with van der Waals surface area (Å²) in [6.45, 7) is 0.756. The minimum Gasteiger partial charge on any atom is -0.314 e. The molecule has 1 saturated carbocycles. The number of hydrogen-bond acceptors (Lipinski definition) is 3. The molecule has 1 aromatic rings. The minimum absolute atomic E-state index is 0.134. The van der Waals surface area contributed by atoms with Crippen molar-refractivity contribution in [1.29, 1.82) is 0 Å². The predicted octanol–water partition coefficient (Wildman–Crippen LogP) is 2.22. The number of sulfonamides is 1. The van der Waals surface area contributed by atoms with E-state index in [1.807, 2.05) is 0 Å². The number of nitrogens with one attached hydrogen (secondary N) is 2. The molecule has 1 aliphatic carbocycles. The van der Waals surface area contributed by atoms with E-state index < -0.39 is 10.0 Å². The van der Waals surface area contributed by atoms with Crippen molar-refractivity contribution in [2.24, 2.45) is 0 Å². The average Bonchev–Trinajstić information content (AvgIpc) is 3.11. The number of halogens is 1. The molecule has 0 atom stereocenters. The van der Waals surface area contributed by atoms with Crippen molar-refractivity contribution in [3.63, 3.8) is 0 Å². The van der Waals surface area contributed by atoms with Crippen molar-refractivity contribution in [3.8, 4) is 0 Å². The van der Waals surface area contributed by atoms with Gasteiger partial charge in [0.25, 0.3) is 0 Å². The number of anilines is 1. The van der Waals surface area contributed by atoms with E-state index in [9.17, 15) is 8.42 Å². The maximum Gasteiger partial charge on any atom is 0.232 e. The summed E-state index contributed by atoms with van der Waals surface area (Å²) in [6.07, 6.45) is 3.06. The monoisotopic (exact) mass is 288 g/mol. The maximum absolute atomic E-state index is 11.8. The van der Waals surface area contributed by atoms with Gasteiger partial charge in [0, 0.05) is 16.8 Å². The molecule has 4 nitrogen and oxygen atoms in total. The van der Waals surface area contributed by atoms with Crippen LogP contribution >= 0.6 is 11.6 Å². The SMILES string of the molecule is O=S(=O)(CCCNC1CC1)Nc1ccc(Cl)cc1.